The third-order valence-electron chi connectivity index (χ3n) is 1.81. The number of aliphatic hydroxyl groups is 4. The first-order chi connectivity index (χ1) is 5.57. The van der Waals surface area contributed by atoms with Crippen molar-refractivity contribution < 1.29 is 25.2 Å². The van der Waals surface area contributed by atoms with Gasteiger partial charge in [0.15, 0.2) is 6.29 Å². The molecule has 0 amide bonds. The number of hydrogen-bond acceptors (Lipinski definition) is 5. The van der Waals surface area contributed by atoms with E-state index in [2.05, 4.69) is 0 Å². The number of ether oxygens (including phenoxy) is 1. The van der Waals surface area contributed by atoms with Gasteiger partial charge in [-0.3, -0.25) is 0 Å². The summed E-state index contributed by atoms with van der Waals surface area (Å²) >= 11 is 1.89. The van der Waals surface area contributed by atoms with E-state index in [1.807, 2.05) is 22.6 Å². The van der Waals surface area contributed by atoms with Crippen molar-refractivity contribution in [3.05, 3.63) is 0 Å². The molecule has 1 heterocycles. The summed E-state index contributed by atoms with van der Waals surface area (Å²) in [5, 5.41) is 36.0. The fraction of sp³-hybridized carbons (Fsp3) is 1.00. The largest absolute Gasteiger partial charge is 0.395 e. The molecule has 1 aliphatic heterocycles. The van der Waals surface area contributed by atoms with Crippen molar-refractivity contribution in [1.82, 2.24) is 0 Å². The summed E-state index contributed by atoms with van der Waals surface area (Å²) in [6.45, 7) is -0.165. The van der Waals surface area contributed by atoms with Crippen LogP contribution in [0.4, 0.5) is 0 Å². The normalized spacial score (nSPS) is 44.8. The number of halogens is 1. The van der Waals surface area contributed by atoms with Gasteiger partial charge in [0.1, 0.15) is 18.3 Å². The fourth-order valence-electron chi connectivity index (χ4n) is 1.09. The van der Waals surface area contributed by atoms with Crippen LogP contribution in [0.15, 0.2) is 0 Å². The maximum Gasteiger partial charge on any atom is 0.184 e. The molecule has 0 saturated carbocycles. The Kier molecular flexibility index (Phi) is 3.68. The predicted octanol–water partition coefficient (Wildman–Crippen LogP) is -1.78. The highest BCUT2D eigenvalue weighted by Gasteiger charge is 2.44. The quantitative estimate of drug-likeness (QED) is 0.357. The third-order valence-corrected chi connectivity index (χ3v) is 2.91. The Hall–Kier alpha value is 0.530. The summed E-state index contributed by atoms with van der Waals surface area (Å²) in [7, 11) is 0. The second-order valence-corrected chi connectivity index (χ2v) is 4.27. The molecule has 0 unspecified atom stereocenters. The summed E-state index contributed by atoms with van der Waals surface area (Å²) in [6.07, 6.45) is -4.47. The summed E-state index contributed by atoms with van der Waals surface area (Å²) in [6, 6.07) is 0. The predicted molar refractivity (Wildman–Crippen MR) is 47.8 cm³/mol. The maximum absolute atomic E-state index is 9.28. The Bertz CT molecular complexity index is 155. The van der Waals surface area contributed by atoms with Gasteiger partial charge in [0.05, 0.1) is 10.5 Å². The molecule has 6 heteroatoms. The second kappa shape index (κ2) is 4.16. The first-order valence-corrected chi connectivity index (χ1v) is 4.77. The minimum Gasteiger partial charge on any atom is -0.395 e. The van der Waals surface area contributed by atoms with Crippen molar-refractivity contribution in [3.8, 4) is 0 Å². The lowest BCUT2D eigenvalue weighted by atomic mass is 10.1. The van der Waals surface area contributed by atoms with Crippen LogP contribution in [0.5, 0.6) is 0 Å². The van der Waals surface area contributed by atoms with Crippen molar-refractivity contribution in [2.24, 2.45) is 0 Å². The highest BCUT2D eigenvalue weighted by molar-refractivity contribution is 14.1. The average molecular weight is 290 g/mol. The van der Waals surface area contributed by atoms with Crippen LogP contribution in [0, 0.1) is 0 Å². The highest BCUT2D eigenvalue weighted by atomic mass is 127. The van der Waals surface area contributed by atoms with Crippen LogP contribution >= 0.6 is 22.6 Å². The van der Waals surface area contributed by atoms with Gasteiger partial charge in [0.2, 0.25) is 0 Å². The SMILES string of the molecule is OC[C@@H](I)[C@H]1O[C@@H](O)[C@H](O)[C@@H]1O. The Morgan fingerprint density at radius 2 is 1.83 bits per heavy atom. The summed E-state index contributed by atoms with van der Waals surface area (Å²) in [5.74, 6) is 0. The van der Waals surface area contributed by atoms with E-state index in [-0.39, 0.29) is 10.5 Å². The molecule has 0 aromatic rings. The molecular formula is C6H11IO5. The van der Waals surface area contributed by atoms with Crippen LogP contribution in [-0.2, 0) is 4.74 Å². The lowest BCUT2D eigenvalue weighted by Crippen LogP contribution is -2.37. The van der Waals surface area contributed by atoms with Crippen molar-refractivity contribution in [2.75, 3.05) is 6.61 Å². The molecule has 1 rings (SSSR count). The van der Waals surface area contributed by atoms with E-state index >= 15 is 0 Å². The van der Waals surface area contributed by atoms with Crippen molar-refractivity contribution in [1.29, 1.82) is 0 Å². The molecular weight excluding hydrogens is 279 g/mol. The van der Waals surface area contributed by atoms with Gasteiger partial charge in [0.25, 0.3) is 0 Å². The topological polar surface area (TPSA) is 90.2 Å². The van der Waals surface area contributed by atoms with E-state index in [9.17, 15) is 5.11 Å². The standard InChI is InChI=1S/C6H11IO5/c7-2(1-8)5-3(9)4(10)6(11)12-5/h2-6,8-11H,1H2/t2-,3+,4-,5-,6-/m1/s1. The summed E-state index contributed by atoms with van der Waals surface area (Å²) in [4.78, 5) is 0. The van der Waals surface area contributed by atoms with Gasteiger partial charge in [-0.2, -0.15) is 0 Å². The fourth-order valence-corrected chi connectivity index (χ4v) is 1.68. The second-order valence-electron chi connectivity index (χ2n) is 2.67. The summed E-state index contributed by atoms with van der Waals surface area (Å²) in [5.41, 5.74) is 0. The Labute approximate surface area is 83.1 Å². The molecule has 1 aliphatic rings. The molecule has 0 aliphatic carbocycles. The zero-order valence-corrected chi connectivity index (χ0v) is 8.33. The molecule has 1 fully saturated rings. The molecule has 5 nitrogen and oxygen atoms in total. The van der Waals surface area contributed by atoms with Crippen LogP contribution in [0.3, 0.4) is 0 Å². The minimum atomic E-state index is -1.35. The lowest BCUT2D eigenvalue weighted by Gasteiger charge is -2.17. The first-order valence-electron chi connectivity index (χ1n) is 3.52. The van der Waals surface area contributed by atoms with E-state index < -0.39 is 24.6 Å². The van der Waals surface area contributed by atoms with Crippen molar-refractivity contribution in [3.63, 3.8) is 0 Å². The van der Waals surface area contributed by atoms with Gasteiger partial charge >= 0.3 is 0 Å². The molecule has 1 saturated heterocycles. The maximum atomic E-state index is 9.28. The van der Waals surface area contributed by atoms with Crippen molar-refractivity contribution >= 4 is 22.6 Å². The van der Waals surface area contributed by atoms with Gasteiger partial charge in [0, 0.05) is 0 Å². The van der Waals surface area contributed by atoms with Crippen LogP contribution in [-0.4, -0.2) is 55.6 Å². The van der Waals surface area contributed by atoms with Gasteiger partial charge < -0.3 is 25.2 Å². The van der Waals surface area contributed by atoms with E-state index in [4.69, 9.17) is 20.1 Å². The van der Waals surface area contributed by atoms with Gasteiger partial charge in [-0.05, 0) is 0 Å². The summed E-state index contributed by atoms with van der Waals surface area (Å²) < 4.78 is 4.50. The zero-order valence-electron chi connectivity index (χ0n) is 6.17. The van der Waals surface area contributed by atoms with Gasteiger partial charge in [-0.15, -0.1) is 0 Å². The zero-order chi connectivity index (χ0) is 9.30. The van der Waals surface area contributed by atoms with Crippen LogP contribution in [0.1, 0.15) is 0 Å². The van der Waals surface area contributed by atoms with E-state index in [0.717, 1.165) is 0 Å². The molecule has 0 aromatic carbocycles. The molecule has 0 spiro atoms. The molecule has 4 N–H and O–H groups in total. The minimum absolute atomic E-state index is 0.165. The molecule has 0 bridgehead atoms. The monoisotopic (exact) mass is 290 g/mol. The Balaban J connectivity index is 2.58. The first kappa shape index (κ1) is 10.6. The smallest absolute Gasteiger partial charge is 0.184 e. The Morgan fingerprint density at radius 3 is 2.17 bits per heavy atom. The number of rotatable bonds is 2. The Morgan fingerprint density at radius 1 is 1.25 bits per heavy atom. The molecule has 0 aromatic heterocycles. The van der Waals surface area contributed by atoms with E-state index in [1.165, 1.54) is 0 Å². The van der Waals surface area contributed by atoms with Gasteiger partial charge in [-0.25, -0.2) is 0 Å². The molecule has 0 radical (unpaired) electrons. The molecule has 72 valence electrons. The molecule has 5 atom stereocenters. The van der Waals surface area contributed by atoms with Gasteiger partial charge in [-0.1, -0.05) is 22.6 Å². The van der Waals surface area contributed by atoms with Crippen molar-refractivity contribution in [2.45, 2.75) is 28.5 Å². The lowest BCUT2D eigenvalue weighted by molar-refractivity contribution is -0.127. The third kappa shape index (κ3) is 1.88. The molecule has 12 heavy (non-hydrogen) atoms. The number of aliphatic hydroxyl groups excluding tert-OH is 4. The van der Waals surface area contributed by atoms with Crippen LogP contribution in [0.25, 0.3) is 0 Å². The highest BCUT2D eigenvalue weighted by Crippen LogP contribution is 2.25. The van der Waals surface area contributed by atoms with Crippen LogP contribution < -0.4 is 0 Å². The van der Waals surface area contributed by atoms with E-state index in [0.29, 0.717) is 0 Å². The average Bonchev–Trinajstić information content (AvgIpc) is 2.32. The number of hydrogen-bond donors (Lipinski definition) is 4. The number of alkyl halides is 1. The van der Waals surface area contributed by atoms with E-state index in [1.54, 1.807) is 0 Å². The van der Waals surface area contributed by atoms with Crippen LogP contribution in [0.2, 0.25) is 0 Å².